The number of benzene rings is 1. The van der Waals surface area contributed by atoms with Gasteiger partial charge in [0.2, 0.25) is 11.7 Å². The van der Waals surface area contributed by atoms with Crippen molar-refractivity contribution in [2.24, 2.45) is 5.92 Å². The first-order valence-corrected chi connectivity index (χ1v) is 11.4. The van der Waals surface area contributed by atoms with E-state index < -0.39 is 24.5 Å². The van der Waals surface area contributed by atoms with Crippen LogP contribution in [-0.4, -0.2) is 42.8 Å². The summed E-state index contributed by atoms with van der Waals surface area (Å²) in [6.45, 7) is 4.97. The van der Waals surface area contributed by atoms with Crippen molar-refractivity contribution < 1.29 is 23.9 Å². The third-order valence-corrected chi connectivity index (χ3v) is 6.14. The molecule has 0 bridgehead atoms. The lowest BCUT2D eigenvalue weighted by atomic mass is 10.0. The fourth-order valence-corrected chi connectivity index (χ4v) is 4.14. The highest BCUT2D eigenvalue weighted by Crippen LogP contribution is 2.21. The molecule has 0 aliphatic rings. The first-order chi connectivity index (χ1) is 15.1. The normalized spacial score (nSPS) is 11.7. The average molecular weight is 499 g/mol. The van der Waals surface area contributed by atoms with Gasteiger partial charge in [-0.05, 0) is 42.7 Å². The molecule has 0 aliphatic carbocycles. The molecule has 1 aromatic heterocycles. The van der Waals surface area contributed by atoms with Gasteiger partial charge in [-0.3, -0.25) is 14.4 Å². The lowest BCUT2D eigenvalue weighted by molar-refractivity contribution is -0.146. The van der Waals surface area contributed by atoms with Gasteiger partial charge in [-0.2, -0.15) is 0 Å². The summed E-state index contributed by atoms with van der Waals surface area (Å²) in [6, 6.07) is 6.92. The van der Waals surface area contributed by atoms with Gasteiger partial charge in [0.1, 0.15) is 6.04 Å². The summed E-state index contributed by atoms with van der Waals surface area (Å²) in [4.78, 5) is 49.8. The number of thiophene rings is 1. The van der Waals surface area contributed by atoms with Crippen LogP contribution in [0.15, 0.2) is 30.3 Å². The van der Waals surface area contributed by atoms with E-state index in [2.05, 4.69) is 10.6 Å². The molecule has 1 aromatic carbocycles. The highest BCUT2D eigenvalue weighted by atomic mass is 35.5. The van der Waals surface area contributed by atoms with Crippen molar-refractivity contribution in [3.63, 3.8) is 0 Å². The zero-order valence-corrected chi connectivity index (χ0v) is 20.2. The second kappa shape index (κ2) is 12.0. The van der Waals surface area contributed by atoms with Gasteiger partial charge in [-0.25, -0.2) is 4.79 Å². The molecule has 2 rings (SSSR count). The average Bonchev–Trinajstić information content (AvgIpc) is 3.18. The Balaban J connectivity index is 1.94. The first-order valence-electron chi connectivity index (χ1n) is 9.87. The van der Waals surface area contributed by atoms with Crippen molar-refractivity contribution in [1.82, 2.24) is 10.6 Å². The number of ether oxygens (including phenoxy) is 1. The van der Waals surface area contributed by atoms with Crippen LogP contribution in [0, 0.1) is 5.92 Å². The Morgan fingerprint density at radius 3 is 2.44 bits per heavy atom. The third kappa shape index (κ3) is 7.62. The summed E-state index contributed by atoms with van der Waals surface area (Å²) in [7, 11) is 0. The van der Waals surface area contributed by atoms with Crippen LogP contribution in [0.5, 0.6) is 0 Å². The van der Waals surface area contributed by atoms with E-state index in [1.165, 1.54) is 36.5 Å². The van der Waals surface area contributed by atoms with Gasteiger partial charge in [0.05, 0.1) is 15.5 Å². The van der Waals surface area contributed by atoms with Crippen LogP contribution in [0.1, 0.15) is 45.7 Å². The summed E-state index contributed by atoms with van der Waals surface area (Å²) in [5.74, 6) is -2.00. The zero-order chi connectivity index (χ0) is 23.8. The standard InChI is InChI=1S/C22H24Cl2N2O5S/c1-12(2)20(26-21(29)16-6-4-14(23)10-17(16)24)22(30)31-11-18(28)19-7-5-15(32-19)8-9-25-13(3)27/h4-7,10,12,20H,8-9,11H2,1-3H3,(H,25,27)(H,26,29)/t20-/m0/s1. The van der Waals surface area contributed by atoms with E-state index in [0.29, 0.717) is 22.9 Å². The number of ketones is 1. The molecule has 172 valence electrons. The number of hydrogen-bond acceptors (Lipinski definition) is 6. The molecule has 10 heteroatoms. The van der Waals surface area contributed by atoms with E-state index in [9.17, 15) is 19.2 Å². The van der Waals surface area contributed by atoms with Crippen LogP contribution in [0.2, 0.25) is 10.0 Å². The first kappa shape index (κ1) is 25.8. The Morgan fingerprint density at radius 1 is 1.09 bits per heavy atom. The van der Waals surface area contributed by atoms with Gasteiger partial charge >= 0.3 is 5.97 Å². The number of amides is 2. The van der Waals surface area contributed by atoms with E-state index in [1.54, 1.807) is 26.0 Å². The summed E-state index contributed by atoms with van der Waals surface area (Å²) in [5, 5.41) is 5.85. The lowest BCUT2D eigenvalue weighted by Gasteiger charge is -2.21. The SMILES string of the molecule is CC(=O)NCCc1ccc(C(=O)COC(=O)[C@@H](NC(=O)c2ccc(Cl)cc2Cl)C(C)C)s1. The molecule has 0 aliphatic heterocycles. The number of carbonyl (C=O) groups is 4. The summed E-state index contributed by atoms with van der Waals surface area (Å²) in [6.07, 6.45) is 0.603. The Kier molecular flexibility index (Phi) is 9.68. The summed E-state index contributed by atoms with van der Waals surface area (Å²) < 4.78 is 5.18. The van der Waals surface area contributed by atoms with Crippen LogP contribution in [0.4, 0.5) is 0 Å². The lowest BCUT2D eigenvalue weighted by Crippen LogP contribution is -2.45. The smallest absolute Gasteiger partial charge is 0.329 e. The van der Waals surface area contributed by atoms with Crippen molar-refractivity contribution in [2.45, 2.75) is 33.2 Å². The van der Waals surface area contributed by atoms with Gasteiger partial charge in [0, 0.05) is 23.4 Å². The molecule has 0 fully saturated rings. The molecule has 0 spiro atoms. The minimum Gasteiger partial charge on any atom is -0.456 e. The van der Waals surface area contributed by atoms with Gasteiger partial charge < -0.3 is 15.4 Å². The topological polar surface area (TPSA) is 102 Å². The van der Waals surface area contributed by atoms with E-state index in [-0.39, 0.29) is 28.2 Å². The third-order valence-electron chi connectivity index (χ3n) is 4.41. The molecule has 0 saturated heterocycles. The van der Waals surface area contributed by atoms with Gasteiger partial charge in [-0.1, -0.05) is 37.0 Å². The molecule has 0 radical (unpaired) electrons. The summed E-state index contributed by atoms with van der Waals surface area (Å²) >= 11 is 13.2. The number of Topliss-reactive ketones (excluding diaryl/α,β-unsaturated/α-hetero) is 1. The van der Waals surface area contributed by atoms with Crippen LogP contribution >= 0.6 is 34.5 Å². The number of rotatable bonds is 10. The van der Waals surface area contributed by atoms with Gasteiger partial charge in [0.15, 0.2) is 6.61 Å². The molecular formula is C22H24Cl2N2O5S. The maximum atomic E-state index is 12.6. The number of carbonyl (C=O) groups excluding carboxylic acids is 4. The monoisotopic (exact) mass is 498 g/mol. The number of esters is 1. The van der Waals surface area contributed by atoms with Crippen molar-refractivity contribution in [1.29, 1.82) is 0 Å². The second-order valence-corrected chi connectivity index (χ2v) is 9.36. The Morgan fingerprint density at radius 2 is 1.81 bits per heavy atom. The Bertz CT molecular complexity index is 1010. The molecule has 0 saturated carbocycles. The predicted molar refractivity (Wildman–Crippen MR) is 125 cm³/mol. The molecule has 0 unspecified atom stereocenters. The van der Waals surface area contributed by atoms with E-state index in [1.807, 2.05) is 0 Å². The largest absolute Gasteiger partial charge is 0.456 e. The van der Waals surface area contributed by atoms with E-state index in [4.69, 9.17) is 27.9 Å². The minimum atomic E-state index is -0.960. The Labute approximate surface area is 200 Å². The fraction of sp³-hybridized carbons (Fsp3) is 0.364. The van der Waals surface area contributed by atoms with Crippen molar-refractivity contribution in [3.05, 3.63) is 55.7 Å². The molecule has 1 atom stereocenters. The maximum Gasteiger partial charge on any atom is 0.329 e. The van der Waals surface area contributed by atoms with Crippen LogP contribution in [0.3, 0.4) is 0 Å². The number of nitrogens with one attached hydrogen (secondary N) is 2. The molecule has 32 heavy (non-hydrogen) atoms. The number of hydrogen-bond donors (Lipinski definition) is 2. The minimum absolute atomic E-state index is 0.116. The predicted octanol–water partition coefficient (Wildman–Crippen LogP) is 3.91. The molecular weight excluding hydrogens is 475 g/mol. The number of halogens is 2. The molecule has 2 N–H and O–H groups in total. The van der Waals surface area contributed by atoms with Crippen LogP contribution < -0.4 is 10.6 Å². The zero-order valence-electron chi connectivity index (χ0n) is 17.9. The second-order valence-electron chi connectivity index (χ2n) is 7.35. The summed E-state index contributed by atoms with van der Waals surface area (Å²) in [5.41, 5.74) is 0.177. The highest BCUT2D eigenvalue weighted by molar-refractivity contribution is 7.14. The van der Waals surface area contributed by atoms with Gasteiger partial charge in [-0.15, -0.1) is 11.3 Å². The fourth-order valence-electron chi connectivity index (χ4n) is 2.71. The van der Waals surface area contributed by atoms with Crippen LogP contribution in [0.25, 0.3) is 0 Å². The molecule has 1 heterocycles. The maximum absolute atomic E-state index is 12.6. The van der Waals surface area contributed by atoms with Crippen molar-refractivity contribution in [3.8, 4) is 0 Å². The van der Waals surface area contributed by atoms with Gasteiger partial charge in [0.25, 0.3) is 5.91 Å². The Hall–Kier alpha value is -2.42. The molecule has 7 nitrogen and oxygen atoms in total. The quantitative estimate of drug-likeness (QED) is 0.381. The van der Waals surface area contributed by atoms with Crippen LogP contribution in [-0.2, 0) is 20.7 Å². The van der Waals surface area contributed by atoms with E-state index in [0.717, 1.165) is 4.88 Å². The molecule has 2 aromatic rings. The van der Waals surface area contributed by atoms with Crippen molar-refractivity contribution >= 4 is 58.1 Å². The van der Waals surface area contributed by atoms with Crippen molar-refractivity contribution in [2.75, 3.05) is 13.2 Å². The van der Waals surface area contributed by atoms with E-state index >= 15 is 0 Å². The highest BCUT2D eigenvalue weighted by Gasteiger charge is 2.27. The molecule has 2 amide bonds.